The van der Waals surface area contributed by atoms with Gasteiger partial charge in [0.2, 0.25) is 5.91 Å². The van der Waals surface area contributed by atoms with Gasteiger partial charge in [-0.05, 0) is 112 Å². The minimum atomic E-state index is -0.529. The van der Waals surface area contributed by atoms with Gasteiger partial charge in [0.15, 0.2) is 0 Å². The fraction of sp³-hybridized carbons (Fsp3) is 0.897. The van der Waals surface area contributed by atoms with Gasteiger partial charge in [0.1, 0.15) is 0 Å². The number of rotatable bonds is 5. The summed E-state index contributed by atoms with van der Waals surface area (Å²) in [5.74, 6) is 3.29. The van der Waals surface area contributed by atoms with Gasteiger partial charge in [-0.25, -0.2) is 4.79 Å². The number of hydrogen-bond donors (Lipinski definition) is 4. The summed E-state index contributed by atoms with van der Waals surface area (Å²) in [7, 11) is 1.64. The van der Waals surface area contributed by atoms with Crippen molar-refractivity contribution in [2.45, 2.75) is 110 Å². The van der Waals surface area contributed by atoms with Crippen LogP contribution in [0, 0.1) is 40.4 Å². The standard InChI is InChI=1S/C29H48N4O4/c1-17(33-37-27(36)31-16-19-6-10-25(32-19)26(35)30-4)22-8-9-23-21-7-5-18-15-20(34)11-13-28(18,2)24(21)12-14-29(22,23)3/h18-25,32,34H,5-16H2,1-4H3,(H,30,35)(H,31,36)/b33-17+/t18-,19?,20-,21+,22-,23+,24+,25?,28+,29-/m1/s1. The molecule has 0 aromatic carbocycles. The molecule has 5 fully saturated rings. The molecule has 0 spiro atoms. The van der Waals surface area contributed by atoms with Gasteiger partial charge < -0.3 is 21.1 Å². The van der Waals surface area contributed by atoms with Crippen molar-refractivity contribution in [3.05, 3.63) is 0 Å². The molecule has 1 heterocycles. The smallest absolute Gasteiger partial charge is 0.393 e. The second-order valence-corrected chi connectivity index (χ2v) is 13.4. The molecule has 10 atom stereocenters. The third-order valence-electron chi connectivity index (χ3n) is 11.7. The van der Waals surface area contributed by atoms with Gasteiger partial charge in [0.25, 0.3) is 0 Å². The second-order valence-electron chi connectivity index (χ2n) is 13.4. The highest BCUT2D eigenvalue weighted by Gasteiger charge is 2.60. The van der Waals surface area contributed by atoms with E-state index in [2.05, 4.69) is 35.0 Å². The van der Waals surface area contributed by atoms with E-state index in [1.54, 1.807) is 7.05 Å². The summed E-state index contributed by atoms with van der Waals surface area (Å²) >= 11 is 0. The van der Waals surface area contributed by atoms with E-state index >= 15 is 0 Å². The first-order valence-electron chi connectivity index (χ1n) is 14.8. The maximum atomic E-state index is 12.4. The number of carbonyl (C=O) groups excluding carboxylic acids is 2. The Balaban J connectivity index is 1.16. The fourth-order valence-corrected chi connectivity index (χ4v) is 9.70. The Labute approximate surface area is 222 Å². The molecule has 4 N–H and O–H groups in total. The number of aliphatic hydroxyl groups excluding tert-OH is 1. The Bertz CT molecular complexity index is 910. The van der Waals surface area contributed by atoms with Crippen LogP contribution >= 0.6 is 0 Å². The number of nitrogens with zero attached hydrogens (tertiary/aromatic N) is 1. The fourth-order valence-electron chi connectivity index (χ4n) is 9.70. The summed E-state index contributed by atoms with van der Waals surface area (Å²) < 4.78 is 0. The molecule has 0 aromatic rings. The zero-order valence-corrected chi connectivity index (χ0v) is 23.2. The van der Waals surface area contributed by atoms with Crippen LogP contribution in [0.2, 0.25) is 0 Å². The maximum absolute atomic E-state index is 12.4. The van der Waals surface area contributed by atoms with Crippen LogP contribution in [0.3, 0.4) is 0 Å². The highest BCUT2D eigenvalue weighted by Crippen LogP contribution is 2.67. The van der Waals surface area contributed by atoms with Crippen LogP contribution in [-0.2, 0) is 9.63 Å². The highest BCUT2D eigenvalue weighted by atomic mass is 16.7. The van der Waals surface area contributed by atoms with Crippen molar-refractivity contribution in [2.24, 2.45) is 45.6 Å². The second kappa shape index (κ2) is 10.5. The van der Waals surface area contributed by atoms with E-state index in [-0.39, 0.29) is 29.5 Å². The molecule has 208 valence electrons. The average Bonchev–Trinajstić information content (AvgIpc) is 3.50. The van der Waals surface area contributed by atoms with Crippen LogP contribution in [-0.4, -0.2) is 54.6 Å². The third-order valence-corrected chi connectivity index (χ3v) is 11.7. The van der Waals surface area contributed by atoms with Gasteiger partial charge in [-0.3, -0.25) is 9.63 Å². The van der Waals surface area contributed by atoms with Crippen molar-refractivity contribution < 1.29 is 19.5 Å². The van der Waals surface area contributed by atoms with Gasteiger partial charge >= 0.3 is 6.09 Å². The molecule has 0 radical (unpaired) electrons. The van der Waals surface area contributed by atoms with E-state index in [1.165, 1.54) is 38.5 Å². The molecular weight excluding hydrogens is 468 g/mol. The van der Waals surface area contributed by atoms with Crippen LogP contribution in [0.4, 0.5) is 4.79 Å². The van der Waals surface area contributed by atoms with E-state index in [0.29, 0.717) is 29.7 Å². The first kappa shape index (κ1) is 26.9. The Hall–Kier alpha value is -1.67. The topological polar surface area (TPSA) is 112 Å². The number of nitrogens with one attached hydrogen (secondary N) is 3. The Morgan fingerprint density at radius 2 is 1.76 bits per heavy atom. The monoisotopic (exact) mass is 516 g/mol. The Morgan fingerprint density at radius 3 is 2.54 bits per heavy atom. The molecule has 2 unspecified atom stereocenters. The predicted molar refractivity (Wildman–Crippen MR) is 143 cm³/mol. The lowest BCUT2D eigenvalue weighted by molar-refractivity contribution is -0.123. The summed E-state index contributed by atoms with van der Waals surface area (Å²) in [6.45, 7) is 7.46. The molecule has 0 bridgehead atoms. The zero-order valence-electron chi connectivity index (χ0n) is 23.2. The van der Waals surface area contributed by atoms with Gasteiger partial charge in [-0.15, -0.1) is 0 Å². The first-order chi connectivity index (χ1) is 17.7. The van der Waals surface area contributed by atoms with Gasteiger partial charge in [0.05, 0.1) is 17.9 Å². The molecule has 5 aliphatic rings. The summed E-state index contributed by atoms with van der Waals surface area (Å²) in [5.41, 5.74) is 1.55. The van der Waals surface area contributed by atoms with Crippen molar-refractivity contribution in [1.29, 1.82) is 0 Å². The number of likely N-dealkylation sites (N-methyl/N-ethyl adjacent to an activating group) is 1. The summed E-state index contributed by atoms with van der Waals surface area (Å²) in [5, 5.41) is 23.3. The van der Waals surface area contributed by atoms with Gasteiger partial charge in [-0.2, -0.15) is 0 Å². The number of carbonyl (C=O) groups is 2. The minimum absolute atomic E-state index is 0.0117. The number of fused-ring (bicyclic) bond motifs is 5. The lowest BCUT2D eigenvalue weighted by Gasteiger charge is -2.61. The molecule has 1 saturated heterocycles. The van der Waals surface area contributed by atoms with Crippen LogP contribution in [0.25, 0.3) is 0 Å². The molecule has 2 amide bonds. The van der Waals surface area contributed by atoms with Gasteiger partial charge in [0, 0.05) is 25.6 Å². The summed E-state index contributed by atoms with van der Waals surface area (Å²) in [6, 6.07) is -0.129. The lowest BCUT2D eigenvalue weighted by Crippen LogP contribution is -2.54. The molecule has 37 heavy (non-hydrogen) atoms. The molecule has 8 heteroatoms. The molecular formula is C29H48N4O4. The normalized spacial score (nSPS) is 45.4. The Morgan fingerprint density at radius 1 is 1.00 bits per heavy atom. The highest BCUT2D eigenvalue weighted by molar-refractivity contribution is 5.85. The van der Waals surface area contributed by atoms with E-state index in [1.807, 2.05) is 6.92 Å². The molecule has 5 rings (SSSR count). The van der Waals surface area contributed by atoms with E-state index in [9.17, 15) is 14.7 Å². The summed E-state index contributed by atoms with van der Waals surface area (Å²) in [6.07, 6.45) is 11.6. The average molecular weight is 517 g/mol. The van der Waals surface area contributed by atoms with Crippen molar-refractivity contribution in [1.82, 2.24) is 16.0 Å². The molecule has 1 aliphatic heterocycles. The predicted octanol–water partition coefficient (Wildman–Crippen LogP) is 3.97. The molecule has 8 nitrogen and oxygen atoms in total. The van der Waals surface area contributed by atoms with Crippen LogP contribution in [0.15, 0.2) is 5.16 Å². The van der Waals surface area contributed by atoms with Gasteiger partial charge in [-0.1, -0.05) is 19.0 Å². The first-order valence-corrected chi connectivity index (χ1v) is 14.8. The van der Waals surface area contributed by atoms with Crippen molar-refractivity contribution in [2.75, 3.05) is 13.6 Å². The van der Waals surface area contributed by atoms with Crippen molar-refractivity contribution in [3.8, 4) is 0 Å². The lowest BCUT2D eigenvalue weighted by atomic mass is 9.44. The maximum Gasteiger partial charge on any atom is 0.433 e. The van der Waals surface area contributed by atoms with Crippen molar-refractivity contribution >= 4 is 17.7 Å². The molecule has 0 aromatic heterocycles. The molecule has 4 saturated carbocycles. The minimum Gasteiger partial charge on any atom is -0.393 e. The zero-order chi connectivity index (χ0) is 26.4. The number of hydrogen-bond acceptors (Lipinski definition) is 6. The van der Waals surface area contributed by atoms with Crippen LogP contribution < -0.4 is 16.0 Å². The van der Waals surface area contributed by atoms with Crippen molar-refractivity contribution in [3.63, 3.8) is 0 Å². The Kier molecular flexibility index (Phi) is 7.62. The largest absolute Gasteiger partial charge is 0.433 e. The summed E-state index contributed by atoms with van der Waals surface area (Å²) in [4.78, 5) is 29.5. The third kappa shape index (κ3) is 4.93. The number of aliphatic hydroxyl groups is 1. The van der Waals surface area contributed by atoms with E-state index in [4.69, 9.17) is 4.84 Å². The van der Waals surface area contributed by atoms with E-state index in [0.717, 1.165) is 49.7 Å². The quantitative estimate of drug-likeness (QED) is 0.251. The molecule has 4 aliphatic carbocycles. The SMILES string of the molecule is CNC(=O)C1CCC(CNC(=O)O/N=C(\C)[C@H]2CC[C@H]3[C@@H]4CC[C@@H]5C[C@H](O)CC[C@]5(C)[C@H]4CC[C@]23C)N1. The number of amides is 2. The van der Waals surface area contributed by atoms with E-state index < -0.39 is 6.09 Å². The number of oxime groups is 1. The van der Waals surface area contributed by atoms with Crippen LogP contribution in [0.1, 0.15) is 91.4 Å². The van der Waals surface area contributed by atoms with Crippen LogP contribution in [0.5, 0.6) is 0 Å².